The molecule has 1 aromatic heterocycles. The zero-order valence-electron chi connectivity index (χ0n) is 31.2. The van der Waals surface area contributed by atoms with Gasteiger partial charge in [-0.2, -0.15) is 13.5 Å². The fraction of sp³-hybridized carbons (Fsp3) is 0.474. The van der Waals surface area contributed by atoms with Crippen molar-refractivity contribution in [1.29, 1.82) is 0 Å². The second-order valence-corrected chi connectivity index (χ2v) is 16.2. The van der Waals surface area contributed by atoms with Gasteiger partial charge < -0.3 is 38.2 Å². The summed E-state index contributed by atoms with van der Waals surface area (Å²) < 4.78 is 84.8. The van der Waals surface area contributed by atoms with Crippen LogP contribution in [0, 0.1) is 17.0 Å². The van der Waals surface area contributed by atoms with E-state index in [-0.39, 0.29) is 75.6 Å². The van der Waals surface area contributed by atoms with Gasteiger partial charge in [0.15, 0.2) is 23.9 Å². The SMILES string of the molecule is CC(C)(C)OC(=O)CN(c1ccc(COC(=O)CC(=O)O[C@@H](Cc2c(Cl)c[n+]([O-])cc2Cl)c2ccc(OC(F)F)c(OCC3CC3)c2)cc1OCC1CC1)S(=O)[O-]. The number of esters is 3. The first-order valence-electron chi connectivity index (χ1n) is 17.9. The van der Waals surface area contributed by atoms with E-state index in [0.717, 1.165) is 42.4 Å². The summed E-state index contributed by atoms with van der Waals surface area (Å²) in [5.74, 6) is -2.38. The summed E-state index contributed by atoms with van der Waals surface area (Å²) in [6.45, 7) is 1.40. The molecule has 1 unspecified atom stereocenters. The molecule has 5 rings (SSSR count). The fourth-order valence-corrected chi connectivity index (χ4v) is 6.49. The maximum atomic E-state index is 13.2. The number of carbonyl (C=O) groups is 3. The molecule has 0 aliphatic heterocycles. The number of aromatic nitrogens is 1. The average molecular weight is 859 g/mol. The molecule has 2 aliphatic rings. The third-order valence-electron chi connectivity index (χ3n) is 8.47. The predicted octanol–water partition coefficient (Wildman–Crippen LogP) is 6.71. The van der Waals surface area contributed by atoms with Gasteiger partial charge >= 0.3 is 24.5 Å². The monoisotopic (exact) mass is 857 g/mol. The number of hydrogen-bond acceptors (Lipinski definition) is 12. The number of ether oxygens (including phenoxy) is 6. The van der Waals surface area contributed by atoms with E-state index in [1.54, 1.807) is 20.8 Å². The maximum Gasteiger partial charge on any atom is 0.387 e. The third-order valence-corrected chi connectivity index (χ3v) is 9.81. The van der Waals surface area contributed by atoms with Crippen LogP contribution >= 0.6 is 23.2 Å². The van der Waals surface area contributed by atoms with Crippen molar-refractivity contribution >= 4 is 58.1 Å². The van der Waals surface area contributed by atoms with Crippen LogP contribution in [0.2, 0.25) is 10.0 Å². The first-order valence-corrected chi connectivity index (χ1v) is 19.7. The molecule has 0 radical (unpaired) electrons. The number of benzene rings is 2. The molecule has 2 aromatic carbocycles. The first kappa shape index (κ1) is 43.7. The van der Waals surface area contributed by atoms with Gasteiger partial charge in [0.1, 0.15) is 47.1 Å². The van der Waals surface area contributed by atoms with Crippen molar-refractivity contribution in [1.82, 2.24) is 0 Å². The Kier molecular flexibility index (Phi) is 14.8. The van der Waals surface area contributed by atoms with Gasteiger partial charge in [-0.1, -0.05) is 35.3 Å². The second kappa shape index (κ2) is 19.3. The molecule has 2 fully saturated rings. The van der Waals surface area contributed by atoms with Gasteiger partial charge in [-0.3, -0.25) is 22.9 Å². The average Bonchev–Trinajstić information content (AvgIpc) is 4.05. The highest BCUT2D eigenvalue weighted by Crippen LogP contribution is 2.38. The minimum Gasteiger partial charge on any atom is -0.755 e. The molecule has 19 heteroatoms. The number of anilines is 1. The Labute approximate surface area is 340 Å². The summed E-state index contributed by atoms with van der Waals surface area (Å²) >= 11 is 9.75. The summed E-state index contributed by atoms with van der Waals surface area (Å²) in [4.78, 5) is 38.7. The van der Waals surface area contributed by atoms with Gasteiger partial charge in [-0.05, 0) is 93.7 Å². The predicted molar refractivity (Wildman–Crippen MR) is 200 cm³/mol. The van der Waals surface area contributed by atoms with Crippen molar-refractivity contribution in [2.75, 3.05) is 24.1 Å². The van der Waals surface area contributed by atoms with E-state index >= 15 is 0 Å². The first-order chi connectivity index (χ1) is 26.9. The Morgan fingerprint density at radius 2 is 1.54 bits per heavy atom. The number of alkyl halides is 2. The molecule has 0 bridgehead atoms. The van der Waals surface area contributed by atoms with Crippen molar-refractivity contribution < 1.29 is 65.1 Å². The van der Waals surface area contributed by atoms with Crippen molar-refractivity contribution in [2.24, 2.45) is 11.8 Å². The van der Waals surface area contributed by atoms with Gasteiger partial charge in [0.05, 0.1) is 18.9 Å². The van der Waals surface area contributed by atoms with E-state index in [1.165, 1.54) is 36.4 Å². The normalized spacial score (nSPS) is 15.0. The molecule has 0 amide bonds. The van der Waals surface area contributed by atoms with E-state index in [2.05, 4.69) is 4.74 Å². The minimum atomic E-state index is -3.14. The van der Waals surface area contributed by atoms with Crippen LogP contribution in [0.3, 0.4) is 0 Å². The highest BCUT2D eigenvalue weighted by molar-refractivity contribution is 7.80. The van der Waals surface area contributed by atoms with E-state index in [4.69, 9.17) is 46.9 Å². The molecule has 0 saturated heterocycles. The smallest absolute Gasteiger partial charge is 0.387 e. The zero-order chi connectivity index (χ0) is 41.4. The third kappa shape index (κ3) is 13.9. The topological polar surface area (TPSA) is 177 Å². The van der Waals surface area contributed by atoms with E-state index in [0.29, 0.717) is 16.9 Å². The number of nitrogens with zero attached hydrogens (tertiary/aromatic N) is 2. The van der Waals surface area contributed by atoms with Crippen LogP contribution in [0.25, 0.3) is 0 Å². The fourth-order valence-electron chi connectivity index (χ4n) is 5.37. The van der Waals surface area contributed by atoms with Gasteiger partial charge in [0.25, 0.3) is 0 Å². The lowest BCUT2D eigenvalue weighted by Crippen LogP contribution is -2.36. The van der Waals surface area contributed by atoms with Gasteiger partial charge in [0.2, 0.25) is 0 Å². The molecule has 1 heterocycles. The molecule has 0 N–H and O–H groups in total. The minimum absolute atomic E-state index is 0.0243. The molecule has 310 valence electrons. The van der Waals surface area contributed by atoms with Gasteiger partial charge in [0, 0.05) is 23.3 Å². The largest absolute Gasteiger partial charge is 0.755 e. The Morgan fingerprint density at radius 3 is 2.12 bits per heavy atom. The number of carbonyl (C=O) groups excluding carboxylic acids is 3. The molecule has 2 saturated carbocycles. The highest BCUT2D eigenvalue weighted by atomic mass is 35.5. The van der Waals surface area contributed by atoms with Crippen molar-refractivity contribution in [3.8, 4) is 17.2 Å². The van der Waals surface area contributed by atoms with Crippen molar-refractivity contribution in [2.45, 2.75) is 84.2 Å². The molecule has 57 heavy (non-hydrogen) atoms. The van der Waals surface area contributed by atoms with Crippen LogP contribution < -0.4 is 23.2 Å². The molecular weight excluding hydrogens is 817 g/mol. The molecule has 2 aliphatic carbocycles. The number of hydrogen-bond donors (Lipinski definition) is 0. The van der Waals surface area contributed by atoms with Crippen molar-refractivity contribution in [3.63, 3.8) is 0 Å². The van der Waals surface area contributed by atoms with E-state index < -0.39 is 60.5 Å². The lowest BCUT2D eigenvalue weighted by Gasteiger charge is -2.29. The standard InChI is InChI=1S/C38H42Cl2F2N2O12S/c1-38(2,3)56-36(47)18-44(57(49)50)29-10-8-24(12-32(29)51-19-22-4-5-22)21-53-34(45)15-35(46)54-31(14-26-27(39)16-43(48)17-28(26)40)25-9-11-30(55-37(41)42)33(13-25)52-20-23-6-7-23/h8-13,16-17,22-23,31,37H,4-7,14-15,18-21H2,1-3H3,(H,49,50)/p-1/t31-/m0/s1. The maximum absolute atomic E-state index is 13.2. The van der Waals surface area contributed by atoms with Crippen LogP contribution in [-0.2, 0) is 52.9 Å². The van der Waals surface area contributed by atoms with Crippen molar-refractivity contribution in [3.05, 3.63) is 80.7 Å². The molecule has 14 nitrogen and oxygen atoms in total. The summed E-state index contributed by atoms with van der Waals surface area (Å²) in [5.41, 5.74) is 0.0871. The Hall–Kier alpha value is -4.45. The van der Waals surface area contributed by atoms with Crippen LogP contribution in [0.4, 0.5) is 14.5 Å². The Morgan fingerprint density at radius 1 is 0.912 bits per heavy atom. The summed E-state index contributed by atoms with van der Waals surface area (Å²) in [7, 11) is 0. The quantitative estimate of drug-likeness (QED) is 0.0294. The molecule has 3 aromatic rings. The molecule has 2 atom stereocenters. The second-order valence-electron chi connectivity index (χ2n) is 14.5. The highest BCUT2D eigenvalue weighted by Gasteiger charge is 2.29. The van der Waals surface area contributed by atoms with Crippen LogP contribution in [-0.4, -0.2) is 58.6 Å². The summed E-state index contributed by atoms with van der Waals surface area (Å²) in [5, 5.41) is 11.8. The lowest BCUT2D eigenvalue weighted by molar-refractivity contribution is -0.605. The van der Waals surface area contributed by atoms with E-state index in [9.17, 15) is 37.1 Å². The van der Waals surface area contributed by atoms with E-state index in [1.807, 2.05) is 0 Å². The Bertz CT molecular complexity index is 1940. The zero-order valence-corrected chi connectivity index (χ0v) is 33.5. The van der Waals surface area contributed by atoms with Gasteiger partial charge in [-0.25, -0.2) is 0 Å². The number of halogens is 4. The van der Waals surface area contributed by atoms with Gasteiger partial charge in [-0.15, -0.1) is 0 Å². The van der Waals surface area contributed by atoms with Crippen LogP contribution in [0.5, 0.6) is 17.2 Å². The lowest BCUT2D eigenvalue weighted by atomic mass is 10.0. The molecule has 0 spiro atoms. The Balaban J connectivity index is 1.30. The van der Waals surface area contributed by atoms with Crippen LogP contribution in [0.1, 0.15) is 75.7 Å². The summed E-state index contributed by atoms with van der Waals surface area (Å²) in [6, 6.07) is 8.33. The number of rotatable bonds is 20. The van der Waals surface area contributed by atoms with Crippen LogP contribution in [0.15, 0.2) is 48.8 Å². The number of pyridine rings is 1. The summed E-state index contributed by atoms with van der Waals surface area (Å²) in [6.07, 6.45) is 3.58. The molecular formula is C38H41Cl2F2N2O12S-.